The molecule has 1 fully saturated rings. The molecular weight excluding hydrogens is 488 g/mol. The molecule has 0 spiro atoms. The zero-order valence-corrected chi connectivity index (χ0v) is 24.9. The fourth-order valence-corrected chi connectivity index (χ4v) is 8.97. The Hall–Kier alpha value is -0.676. The fourth-order valence-electron chi connectivity index (χ4n) is 3.36. The average molecular weight is 522 g/mol. The van der Waals surface area contributed by atoms with Crippen LogP contribution in [0.2, 0.25) is 51.4 Å². The van der Waals surface area contributed by atoms with Gasteiger partial charge in [-0.15, -0.1) is 46.2 Å². The first kappa shape index (κ1) is 24.0. The zero-order valence-electron chi connectivity index (χ0n) is 19.4. The van der Waals surface area contributed by atoms with Crippen molar-refractivity contribution in [1.29, 1.82) is 0 Å². The molecule has 0 unspecified atom stereocenters. The van der Waals surface area contributed by atoms with E-state index in [-0.39, 0.29) is 0 Å². The van der Waals surface area contributed by atoms with Gasteiger partial charge in [0.25, 0.3) is 0 Å². The van der Waals surface area contributed by atoms with Gasteiger partial charge in [0.05, 0.1) is 16.1 Å². The van der Waals surface area contributed by atoms with Crippen LogP contribution in [-0.2, 0) is 23.3 Å². The summed E-state index contributed by atoms with van der Waals surface area (Å²) in [6.07, 6.45) is 10.0. The van der Waals surface area contributed by atoms with E-state index in [1.807, 2.05) is 35.5 Å². The molecule has 0 N–H and O–H groups in total. The minimum atomic E-state index is -1.23. The van der Waals surface area contributed by atoms with Crippen LogP contribution in [0.4, 0.5) is 0 Å². The first-order valence-corrected chi connectivity index (χ1v) is 23.6. The summed E-state index contributed by atoms with van der Waals surface area (Å²) < 4.78 is 0. The van der Waals surface area contributed by atoms with E-state index in [0.29, 0.717) is 5.43 Å². The molecule has 2 aliphatic rings. The van der Waals surface area contributed by atoms with Crippen LogP contribution in [0.15, 0.2) is 60.7 Å². The van der Waals surface area contributed by atoms with Crippen molar-refractivity contribution in [2.24, 2.45) is 0 Å². The molecule has 1 aliphatic heterocycles. The summed E-state index contributed by atoms with van der Waals surface area (Å²) >= 11 is 1.85. The van der Waals surface area contributed by atoms with Crippen molar-refractivity contribution in [3.8, 4) is 0 Å². The molecule has 154 valence electrons. The molecule has 0 saturated carbocycles. The molecule has 0 bridgehead atoms. The second-order valence-electron chi connectivity index (χ2n) is 10.4. The predicted octanol–water partition coefficient (Wildman–Crippen LogP) is 6.65. The molecule has 1 aliphatic carbocycles. The van der Waals surface area contributed by atoms with E-state index in [9.17, 15) is 0 Å². The van der Waals surface area contributed by atoms with E-state index in [1.165, 1.54) is 21.5 Å². The average Bonchev–Trinajstić information content (AvgIpc) is 3.15. The summed E-state index contributed by atoms with van der Waals surface area (Å²) in [5.74, 6) is 0. The third-order valence-corrected chi connectivity index (χ3v) is 14.3. The Morgan fingerprint density at radius 2 is 1.30 bits per heavy atom. The number of rotatable bonds is 2. The summed E-state index contributed by atoms with van der Waals surface area (Å²) in [7, 11) is -2.47. The van der Waals surface area contributed by atoms with E-state index < -0.39 is 16.1 Å². The minimum absolute atomic E-state index is 0.460. The SMILES string of the molecule is C[Si](C)(C)c1ccc2c(c1)[cH-]c1cc([Si](C)(C)C)ccc12.[C-]1=CC=CC1.[Zr+2]=[Si]1CC1. The summed E-state index contributed by atoms with van der Waals surface area (Å²) in [5, 5.41) is 8.75. The molecular formula is C26H34Si3Zr. The Morgan fingerprint density at radius 1 is 0.833 bits per heavy atom. The number of hydrogen-bond acceptors (Lipinski definition) is 0. The Morgan fingerprint density at radius 3 is 1.57 bits per heavy atom. The molecule has 4 heteroatoms. The Bertz CT molecular complexity index is 1020. The van der Waals surface area contributed by atoms with Gasteiger partial charge in [-0.2, -0.15) is 6.08 Å². The molecule has 3 aromatic rings. The van der Waals surface area contributed by atoms with Gasteiger partial charge >= 0.3 is 40.9 Å². The Kier molecular flexibility index (Phi) is 7.88. The van der Waals surface area contributed by atoms with Crippen LogP contribution >= 0.6 is 0 Å². The second-order valence-corrected chi connectivity index (χ2v) is 27.9. The molecule has 1 saturated heterocycles. The maximum atomic E-state index is 2.99. The van der Waals surface area contributed by atoms with Gasteiger partial charge in [-0.25, -0.2) is 12.2 Å². The topological polar surface area (TPSA) is 0 Å². The quantitative estimate of drug-likeness (QED) is 0.262. The number of hydrogen-bond donors (Lipinski definition) is 0. The van der Waals surface area contributed by atoms with Crippen molar-refractivity contribution in [3.05, 3.63) is 66.8 Å². The molecule has 0 nitrogen and oxygen atoms in total. The van der Waals surface area contributed by atoms with Crippen LogP contribution in [0.1, 0.15) is 6.42 Å². The molecule has 3 aromatic carbocycles. The van der Waals surface area contributed by atoms with E-state index >= 15 is 0 Å². The number of fused-ring (bicyclic) bond motifs is 3. The molecule has 0 amide bonds. The first-order chi connectivity index (χ1) is 14.1. The standard InChI is InChI=1S/C19H25Si2.C5H5.C2H4Si.Zr/c1-20(2,3)16-7-9-18-14(12-16)11-15-13-17(21(4,5)6)8-10-19(15)18;1-2-4-5-3-1;1-2-3-1;/h7-13H,1-6H3;1-3H,4H2;1-2H2;/q2*-1;;+2. The van der Waals surface area contributed by atoms with Crippen LogP contribution in [0.25, 0.3) is 21.5 Å². The van der Waals surface area contributed by atoms with Gasteiger partial charge in [0.2, 0.25) is 0 Å². The van der Waals surface area contributed by atoms with Gasteiger partial charge in [0, 0.05) is 0 Å². The van der Waals surface area contributed by atoms with Gasteiger partial charge in [-0.05, 0) is 0 Å². The third-order valence-electron chi connectivity index (χ3n) is 5.52. The van der Waals surface area contributed by atoms with Crippen molar-refractivity contribution < 1.29 is 23.3 Å². The van der Waals surface area contributed by atoms with Crippen LogP contribution in [0.5, 0.6) is 0 Å². The number of allylic oxidation sites excluding steroid dienone is 4. The van der Waals surface area contributed by atoms with Gasteiger partial charge < -0.3 is 0 Å². The summed E-state index contributed by atoms with van der Waals surface area (Å²) in [6, 6.07) is 19.9. The van der Waals surface area contributed by atoms with Gasteiger partial charge in [0.1, 0.15) is 0 Å². The van der Waals surface area contributed by atoms with Crippen LogP contribution in [0.3, 0.4) is 0 Å². The van der Waals surface area contributed by atoms with Crippen molar-refractivity contribution in [2.45, 2.75) is 57.8 Å². The molecule has 1 heterocycles. The molecule has 0 atom stereocenters. The fraction of sp³-hybridized carbons (Fsp3) is 0.346. The second kappa shape index (κ2) is 9.85. The van der Waals surface area contributed by atoms with E-state index in [1.54, 1.807) is 22.5 Å². The monoisotopic (exact) mass is 520 g/mol. The van der Waals surface area contributed by atoms with Crippen molar-refractivity contribution in [2.75, 3.05) is 0 Å². The normalized spacial score (nSPS) is 15.1. The number of benzene rings is 2. The summed E-state index contributed by atoms with van der Waals surface area (Å²) in [4.78, 5) is 0. The summed E-state index contributed by atoms with van der Waals surface area (Å²) in [5.41, 5.74) is 0.460. The van der Waals surface area contributed by atoms with E-state index in [2.05, 4.69) is 93.9 Å². The van der Waals surface area contributed by atoms with Crippen molar-refractivity contribution in [3.63, 3.8) is 0 Å². The maximum absolute atomic E-state index is 2.99. The van der Waals surface area contributed by atoms with E-state index in [4.69, 9.17) is 0 Å². The zero-order chi connectivity index (χ0) is 21.9. The Labute approximate surface area is 200 Å². The molecule has 0 aromatic heterocycles. The first-order valence-electron chi connectivity index (χ1n) is 11.0. The molecule has 30 heavy (non-hydrogen) atoms. The molecule has 5 rings (SSSR count). The third kappa shape index (κ3) is 6.66. The van der Waals surface area contributed by atoms with Gasteiger partial charge in [-0.3, -0.25) is 6.08 Å². The van der Waals surface area contributed by atoms with Crippen LogP contribution in [-0.4, -0.2) is 21.6 Å². The van der Waals surface area contributed by atoms with E-state index in [0.717, 1.165) is 6.42 Å². The summed E-state index contributed by atoms with van der Waals surface area (Å²) in [6.45, 7) is 14.5. The van der Waals surface area contributed by atoms with Crippen molar-refractivity contribution in [1.82, 2.24) is 0 Å². The Balaban J connectivity index is 0.000000233. The van der Waals surface area contributed by atoms with Gasteiger partial charge in [0.15, 0.2) is 0 Å². The van der Waals surface area contributed by atoms with Crippen LogP contribution < -0.4 is 10.4 Å². The van der Waals surface area contributed by atoms with Crippen LogP contribution in [0, 0.1) is 6.08 Å². The van der Waals surface area contributed by atoms with Gasteiger partial charge in [-0.1, -0.05) is 73.9 Å². The van der Waals surface area contributed by atoms with Crippen molar-refractivity contribution >= 4 is 53.5 Å². The predicted molar refractivity (Wildman–Crippen MR) is 140 cm³/mol. The molecule has 0 radical (unpaired) electrons.